The van der Waals surface area contributed by atoms with E-state index in [9.17, 15) is 14.0 Å². The van der Waals surface area contributed by atoms with Crippen molar-refractivity contribution in [2.45, 2.75) is 13.0 Å². The fraction of sp³-hybridized carbons (Fsp3) is 0.238. The van der Waals surface area contributed by atoms with Gasteiger partial charge in [-0.1, -0.05) is 35.9 Å². The quantitative estimate of drug-likeness (QED) is 0.718. The van der Waals surface area contributed by atoms with Crippen LogP contribution in [0.3, 0.4) is 0 Å². The molecule has 1 N–H and O–H groups in total. The van der Waals surface area contributed by atoms with Crippen LogP contribution >= 0.6 is 11.6 Å². The zero-order valence-electron chi connectivity index (χ0n) is 15.9. The molecule has 2 amide bonds. The minimum absolute atomic E-state index is 0.0156. The number of rotatable bonds is 6. The maximum absolute atomic E-state index is 13.9. The lowest BCUT2D eigenvalue weighted by Crippen LogP contribution is -2.48. The third kappa shape index (κ3) is 4.51. The van der Waals surface area contributed by atoms with Crippen LogP contribution in [0.1, 0.15) is 18.5 Å². The summed E-state index contributed by atoms with van der Waals surface area (Å²) in [4.78, 5) is 26.6. The SMILES string of the molecule is CCOC(=O)C1=C(COc2ccccc2F)N(C)C(=O)N[C@H]1c1cccc(Cl)c1. The lowest BCUT2D eigenvalue weighted by atomic mass is 9.95. The summed E-state index contributed by atoms with van der Waals surface area (Å²) < 4.78 is 24.7. The van der Waals surface area contributed by atoms with E-state index < -0.39 is 23.9 Å². The summed E-state index contributed by atoms with van der Waals surface area (Å²) in [5.41, 5.74) is 1.10. The second-order valence-electron chi connectivity index (χ2n) is 6.30. The summed E-state index contributed by atoms with van der Waals surface area (Å²) >= 11 is 6.09. The van der Waals surface area contributed by atoms with Crippen LogP contribution < -0.4 is 10.1 Å². The maximum Gasteiger partial charge on any atom is 0.338 e. The number of ether oxygens (including phenoxy) is 2. The Bertz CT molecular complexity index is 963. The minimum atomic E-state index is -0.782. The average Bonchev–Trinajstić information content (AvgIpc) is 2.70. The van der Waals surface area contributed by atoms with E-state index >= 15 is 0 Å². The van der Waals surface area contributed by atoms with Crippen molar-refractivity contribution >= 4 is 23.6 Å². The molecule has 1 heterocycles. The predicted molar refractivity (Wildman–Crippen MR) is 106 cm³/mol. The Morgan fingerprint density at radius 1 is 1.24 bits per heavy atom. The highest BCUT2D eigenvalue weighted by atomic mass is 35.5. The topological polar surface area (TPSA) is 67.9 Å². The fourth-order valence-electron chi connectivity index (χ4n) is 3.03. The second-order valence-corrected chi connectivity index (χ2v) is 6.73. The monoisotopic (exact) mass is 418 g/mol. The van der Waals surface area contributed by atoms with Crippen LogP contribution in [0, 0.1) is 5.82 Å². The highest BCUT2D eigenvalue weighted by Crippen LogP contribution is 2.32. The molecule has 2 aromatic carbocycles. The molecule has 0 fully saturated rings. The minimum Gasteiger partial charge on any atom is -0.484 e. The highest BCUT2D eigenvalue weighted by molar-refractivity contribution is 6.30. The Labute approximate surface area is 172 Å². The smallest absolute Gasteiger partial charge is 0.338 e. The number of benzene rings is 2. The van der Waals surface area contributed by atoms with Gasteiger partial charge in [0.05, 0.1) is 23.9 Å². The molecule has 1 aliphatic rings. The van der Waals surface area contributed by atoms with Crippen LogP contribution in [0.25, 0.3) is 0 Å². The third-order valence-corrected chi connectivity index (χ3v) is 4.69. The normalized spacial score (nSPS) is 16.5. The summed E-state index contributed by atoms with van der Waals surface area (Å²) in [6.45, 7) is 1.65. The Kier molecular flexibility index (Phi) is 6.39. The Hall–Kier alpha value is -3.06. The summed E-state index contributed by atoms with van der Waals surface area (Å²) in [6, 6.07) is 11.5. The first-order valence-corrected chi connectivity index (χ1v) is 9.37. The molecule has 0 bridgehead atoms. The van der Waals surface area contributed by atoms with Crippen LogP contribution in [-0.2, 0) is 9.53 Å². The summed E-state index contributed by atoms with van der Waals surface area (Å²) in [5.74, 6) is -1.13. The Morgan fingerprint density at radius 3 is 2.69 bits per heavy atom. The first-order chi connectivity index (χ1) is 13.9. The van der Waals surface area contributed by atoms with Crippen LogP contribution in [-0.4, -0.2) is 37.2 Å². The van der Waals surface area contributed by atoms with Gasteiger partial charge in [0, 0.05) is 12.1 Å². The number of halogens is 2. The van der Waals surface area contributed by atoms with Crippen molar-refractivity contribution in [3.05, 3.63) is 76.2 Å². The van der Waals surface area contributed by atoms with E-state index in [1.165, 1.54) is 24.1 Å². The van der Waals surface area contributed by atoms with Gasteiger partial charge in [-0.2, -0.15) is 0 Å². The number of hydrogen-bond donors (Lipinski definition) is 1. The van der Waals surface area contributed by atoms with Gasteiger partial charge >= 0.3 is 12.0 Å². The molecule has 0 spiro atoms. The summed E-state index contributed by atoms with van der Waals surface area (Å²) in [5, 5.41) is 3.24. The number of nitrogens with one attached hydrogen (secondary N) is 1. The summed E-state index contributed by atoms with van der Waals surface area (Å²) in [6.07, 6.45) is 0. The van der Waals surface area contributed by atoms with Gasteiger partial charge in [-0.05, 0) is 36.8 Å². The molecule has 3 rings (SSSR count). The first kappa shape index (κ1) is 20.7. The van der Waals surface area contributed by atoms with Gasteiger partial charge < -0.3 is 14.8 Å². The zero-order chi connectivity index (χ0) is 21.0. The number of amides is 2. The van der Waals surface area contributed by atoms with E-state index in [0.29, 0.717) is 10.6 Å². The van der Waals surface area contributed by atoms with Gasteiger partial charge in [-0.3, -0.25) is 4.90 Å². The Morgan fingerprint density at radius 2 is 2.00 bits per heavy atom. The number of carbonyl (C=O) groups is 2. The molecule has 0 aromatic heterocycles. The number of urea groups is 1. The predicted octanol–water partition coefficient (Wildman–Crippen LogP) is 4.07. The molecule has 152 valence electrons. The van der Waals surface area contributed by atoms with E-state index in [-0.39, 0.29) is 30.2 Å². The molecule has 0 radical (unpaired) electrons. The third-order valence-electron chi connectivity index (χ3n) is 4.46. The van der Waals surface area contributed by atoms with Gasteiger partial charge in [0.25, 0.3) is 0 Å². The molecule has 8 heteroatoms. The van der Waals surface area contributed by atoms with Crippen molar-refractivity contribution in [3.8, 4) is 5.75 Å². The van der Waals surface area contributed by atoms with E-state index in [1.54, 1.807) is 43.3 Å². The molecule has 0 saturated carbocycles. The van der Waals surface area contributed by atoms with Crippen LogP contribution in [0.5, 0.6) is 5.75 Å². The number of esters is 1. The van der Waals surface area contributed by atoms with Crippen LogP contribution in [0.2, 0.25) is 5.02 Å². The van der Waals surface area contributed by atoms with Gasteiger partial charge in [-0.15, -0.1) is 0 Å². The Balaban J connectivity index is 2.05. The molecular formula is C21H20ClFN2O4. The number of carbonyl (C=O) groups excluding carboxylic acids is 2. The van der Waals surface area contributed by atoms with Gasteiger partial charge in [0.2, 0.25) is 0 Å². The molecule has 0 unspecified atom stereocenters. The molecule has 1 atom stereocenters. The van der Waals surface area contributed by atoms with Gasteiger partial charge in [0.15, 0.2) is 11.6 Å². The van der Waals surface area contributed by atoms with Crippen LogP contribution in [0.4, 0.5) is 9.18 Å². The number of likely N-dealkylation sites (N-methyl/N-ethyl adjacent to an activating group) is 1. The fourth-order valence-corrected chi connectivity index (χ4v) is 3.22. The second kappa shape index (κ2) is 8.96. The molecular weight excluding hydrogens is 399 g/mol. The van der Waals surface area contributed by atoms with Crippen molar-refractivity contribution in [1.82, 2.24) is 10.2 Å². The van der Waals surface area contributed by atoms with Crippen molar-refractivity contribution in [2.75, 3.05) is 20.3 Å². The lowest BCUT2D eigenvalue weighted by molar-refractivity contribution is -0.139. The molecule has 0 saturated heterocycles. The van der Waals surface area contributed by atoms with Crippen molar-refractivity contribution in [2.24, 2.45) is 0 Å². The molecule has 29 heavy (non-hydrogen) atoms. The van der Waals surface area contributed by atoms with Gasteiger partial charge in [0.1, 0.15) is 6.61 Å². The highest BCUT2D eigenvalue weighted by Gasteiger charge is 2.37. The summed E-state index contributed by atoms with van der Waals surface area (Å²) in [7, 11) is 1.50. The largest absolute Gasteiger partial charge is 0.484 e. The molecule has 2 aromatic rings. The van der Waals surface area contributed by atoms with Gasteiger partial charge in [-0.25, -0.2) is 14.0 Å². The number of nitrogens with zero attached hydrogens (tertiary/aromatic N) is 1. The van der Waals surface area contributed by atoms with E-state index in [2.05, 4.69) is 5.32 Å². The maximum atomic E-state index is 13.9. The zero-order valence-corrected chi connectivity index (χ0v) is 16.7. The van der Waals surface area contributed by atoms with Crippen molar-refractivity contribution in [3.63, 3.8) is 0 Å². The van der Waals surface area contributed by atoms with Crippen molar-refractivity contribution in [1.29, 1.82) is 0 Å². The van der Waals surface area contributed by atoms with E-state index in [1.807, 2.05) is 0 Å². The van der Waals surface area contributed by atoms with E-state index in [4.69, 9.17) is 21.1 Å². The molecule has 1 aliphatic heterocycles. The number of hydrogen-bond acceptors (Lipinski definition) is 4. The van der Waals surface area contributed by atoms with Crippen LogP contribution in [0.15, 0.2) is 59.8 Å². The number of para-hydroxylation sites is 1. The lowest BCUT2D eigenvalue weighted by Gasteiger charge is -2.34. The first-order valence-electron chi connectivity index (χ1n) is 8.99. The van der Waals surface area contributed by atoms with Crippen molar-refractivity contribution < 1.29 is 23.5 Å². The molecule has 0 aliphatic carbocycles. The average molecular weight is 419 g/mol. The van der Waals surface area contributed by atoms with E-state index in [0.717, 1.165) is 0 Å². The standard InChI is InChI=1S/C21H20ClFN2O4/c1-3-28-20(26)18-16(12-29-17-10-5-4-9-15(17)23)25(2)21(27)24-19(18)13-7-6-8-14(22)11-13/h4-11,19H,3,12H2,1-2H3,(H,24,27)/t19-/m0/s1. The molecule has 6 nitrogen and oxygen atoms in total.